The van der Waals surface area contributed by atoms with Gasteiger partial charge in [0.05, 0.1) is 12.5 Å². The van der Waals surface area contributed by atoms with Crippen molar-refractivity contribution >= 4 is 0 Å². The van der Waals surface area contributed by atoms with E-state index in [9.17, 15) is 0 Å². The van der Waals surface area contributed by atoms with E-state index in [4.69, 9.17) is 5.26 Å². The Balaban J connectivity index is 1.78. The molecule has 0 aliphatic carbocycles. The number of nitrogens with zero attached hydrogens (tertiary/aromatic N) is 3. The molecule has 1 aliphatic heterocycles. The maximum absolute atomic E-state index is 8.64. The first-order chi connectivity index (χ1) is 10.2. The number of likely N-dealkylation sites (N-methyl/N-ethyl adjacent to an activating group) is 1. The summed E-state index contributed by atoms with van der Waals surface area (Å²) in [7, 11) is 2.19. The van der Waals surface area contributed by atoms with Crippen molar-refractivity contribution in [3.05, 3.63) is 35.4 Å². The zero-order valence-corrected chi connectivity index (χ0v) is 13.2. The second kappa shape index (κ2) is 8.14. The van der Waals surface area contributed by atoms with Gasteiger partial charge in [-0.3, -0.25) is 4.90 Å². The van der Waals surface area contributed by atoms with Crippen molar-refractivity contribution in [3.63, 3.8) is 0 Å². The largest absolute Gasteiger partial charge is 0.309 e. The van der Waals surface area contributed by atoms with E-state index >= 15 is 0 Å². The van der Waals surface area contributed by atoms with Gasteiger partial charge in [0.25, 0.3) is 0 Å². The van der Waals surface area contributed by atoms with Gasteiger partial charge in [-0.05, 0) is 25.1 Å². The lowest BCUT2D eigenvalue weighted by molar-refractivity contribution is 0.148. The molecule has 2 rings (SSSR count). The molecule has 0 saturated carbocycles. The van der Waals surface area contributed by atoms with Crippen LogP contribution in [-0.2, 0) is 13.1 Å². The van der Waals surface area contributed by atoms with Crippen LogP contribution in [0.5, 0.6) is 0 Å². The zero-order valence-electron chi connectivity index (χ0n) is 13.2. The summed E-state index contributed by atoms with van der Waals surface area (Å²) >= 11 is 0. The van der Waals surface area contributed by atoms with E-state index in [0.717, 1.165) is 26.2 Å². The highest BCUT2D eigenvalue weighted by atomic mass is 15.2. The minimum atomic E-state index is 0.250. The van der Waals surface area contributed by atoms with Crippen molar-refractivity contribution < 1.29 is 0 Å². The average Bonchev–Trinajstić information content (AvgIpc) is 2.49. The maximum atomic E-state index is 8.64. The second-order valence-electron chi connectivity index (χ2n) is 6.04. The van der Waals surface area contributed by atoms with Crippen molar-refractivity contribution in [3.8, 4) is 6.07 Å². The Kier molecular flexibility index (Phi) is 6.19. The molecular formula is C17H26N4. The van der Waals surface area contributed by atoms with Gasteiger partial charge in [-0.15, -0.1) is 0 Å². The molecule has 1 aromatic carbocycles. The molecule has 0 amide bonds. The number of hydrogen-bond donors (Lipinski definition) is 1. The molecule has 0 spiro atoms. The van der Waals surface area contributed by atoms with E-state index in [0.29, 0.717) is 6.42 Å². The van der Waals surface area contributed by atoms with Crippen LogP contribution in [0.1, 0.15) is 24.5 Å². The third-order valence-electron chi connectivity index (χ3n) is 4.08. The summed E-state index contributed by atoms with van der Waals surface area (Å²) in [5.41, 5.74) is 2.66. The molecule has 21 heavy (non-hydrogen) atoms. The molecule has 4 nitrogen and oxygen atoms in total. The molecule has 0 unspecified atom stereocenters. The first-order valence-corrected chi connectivity index (χ1v) is 7.76. The smallest absolute Gasteiger partial charge is 0.0638 e. The van der Waals surface area contributed by atoms with Gasteiger partial charge in [-0.1, -0.05) is 24.3 Å². The van der Waals surface area contributed by atoms with Crippen molar-refractivity contribution in [1.29, 1.82) is 5.26 Å². The van der Waals surface area contributed by atoms with Gasteiger partial charge in [0.15, 0.2) is 0 Å². The molecular weight excluding hydrogens is 260 g/mol. The van der Waals surface area contributed by atoms with E-state index in [1.165, 1.54) is 24.2 Å². The van der Waals surface area contributed by atoms with E-state index in [1.807, 2.05) is 6.92 Å². The molecule has 4 heteroatoms. The number of benzene rings is 1. The molecule has 1 aliphatic rings. The summed E-state index contributed by atoms with van der Waals surface area (Å²) in [5, 5.41) is 12.0. The van der Waals surface area contributed by atoms with E-state index < -0.39 is 0 Å². The number of rotatable bonds is 6. The Morgan fingerprint density at radius 3 is 2.38 bits per heavy atom. The lowest BCUT2D eigenvalue weighted by atomic mass is 10.1. The fourth-order valence-corrected chi connectivity index (χ4v) is 2.53. The van der Waals surface area contributed by atoms with Crippen LogP contribution in [0.3, 0.4) is 0 Å². The molecule has 1 saturated heterocycles. The summed E-state index contributed by atoms with van der Waals surface area (Å²) in [5.74, 6) is 0. The lowest BCUT2D eigenvalue weighted by Gasteiger charge is -2.32. The van der Waals surface area contributed by atoms with Crippen molar-refractivity contribution in [2.24, 2.45) is 0 Å². The zero-order chi connectivity index (χ0) is 15.1. The highest BCUT2D eigenvalue weighted by Gasteiger charge is 2.13. The van der Waals surface area contributed by atoms with Gasteiger partial charge in [0.2, 0.25) is 0 Å². The van der Waals surface area contributed by atoms with Crippen LogP contribution in [-0.4, -0.2) is 49.1 Å². The minimum Gasteiger partial charge on any atom is -0.309 e. The third-order valence-corrected chi connectivity index (χ3v) is 4.08. The van der Waals surface area contributed by atoms with Crippen LogP contribution >= 0.6 is 0 Å². The van der Waals surface area contributed by atoms with E-state index in [-0.39, 0.29) is 6.04 Å². The van der Waals surface area contributed by atoms with Crippen LogP contribution in [0.2, 0.25) is 0 Å². The molecule has 1 atom stereocenters. The normalized spacial score (nSPS) is 18.3. The molecule has 0 bridgehead atoms. The molecule has 1 heterocycles. The minimum absolute atomic E-state index is 0.250. The second-order valence-corrected chi connectivity index (χ2v) is 6.04. The molecule has 0 radical (unpaired) electrons. The lowest BCUT2D eigenvalue weighted by Crippen LogP contribution is -2.43. The summed E-state index contributed by atoms with van der Waals surface area (Å²) in [6.07, 6.45) is 0.557. The predicted molar refractivity (Wildman–Crippen MR) is 85.7 cm³/mol. The number of hydrogen-bond acceptors (Lipinski definition) is 4. The van der Waals surface area contributed by atoms with Gasteiger partial charge in [0.1, 0.15) is 0 Å². The number of piperazine rings is 1. The van der Waals surface area contributed by atoms with Gasteiger partial charge >= 0.3 is 0 Å². The Morgan fingerprint density at radius 2 is 1.76 bits per heavy atom. The Hall–Kier alpha value is -1.41. The molecule has 0 aromatic heterocycles. The SMILES string of the molecule is C[C@@H](CC#N)NCc1ccc(CN2CCN(C)CC2)cc1. The molecule has 1 N–H and O–H groups in total. The molecule has 114 valence electrons. The van der Waals surface area contributed by atoms with Crippen LogP contribution in [0, 0.1) is 11.3 Å². The highest BCUT2D eigenvalue weighted by Crippen LogP contribution is 2.10. The van der Waals surface area contributed by atoms with Gasteiger partial charge in [0, 0.05) is 45.3 Å². The van der Waals surface area contributed by atoms with Gasteiger partial charge < -0.3 is 10.2 Å². The standard InChI is InChI=1S/C17H26N4/c1-15(7-8-18)19-13-16-3-5-17(6-4-16)14-21-11-9-20(2)10-12-21/h3-6,15,19H,7,9-14H2,1-2H3/t15-/m0/s1. The third kappa shape index (κ3) is 5.47. The quantitative estimate of drug-likeness (QED) is 0.866. The van der Waals surface area contributed by atoms with Gasteiger partial charge in [-0.25, -0.2) is 0 Å². The van der Waals surface area contributed by atoms with Gasteiger partial charge in [-0.2, -0.15) is 5.26 Å². The van der Waals surface area contributed by atoms with E-state index in [2.05, 4.69) is 52.5 Å². The van der Waals surface area contributed by atoms with Crippen LogP contribution in [0.25, 0.3) is 0 Å². The monoisotopic (exact) mass is 286 g/mol. The first kappa shape index (κ1) is 16.0. The Morgan fingerprint density at radius 1 is 1.14 bits per heavy atom. The summed E-state index contributed by atoms with van der Waals surface area (Å²) in [4.78, 5) is 4.90. The first-order valence-electron chi connectivity index (χ1n) is 7.76. The predicted octanol–water partition coefficient (Wildman–Crippen LogP) is 1.83. The summed E-state index contributed by atoms with van der Waals surface area (Å²) in [6, 6.07) is 11.3. The summed E-state index contributed by atoms with van der Waals surface area (Å²) < 4.78 is 0. The Bertz CT molecular complexity index is 455. The van der Waals surface area contributed by atoms with Crippen LogP contribution in [0.15, 0.2) is 24.3 Å². The Labute approximate surface area is 128 Å². The maximum Gasteiger partial charge on any atom is 0.0638 e. The van der Waals surface area contributed by atoms with Crippen LogP contribution < -0.4 is 5.32 Å². The molecule has 1 fully saturated rings. The highest BCUT2D eigenvalue weighted by molar-refractivity contribution is 5.22. The number of nitrogens with one attached hydrogen (secondary N) is 1. The van der Waals surface area contributed by atoms with Crippen molar-refractivity contribution in [2.75, 3.05) is 33.2 Å². The van der Waals surface area contributed by atoms with Crippen molar-refractivity contribution in [1.82, 2.24) is 15.1 Å². The fraction of sp³-hybridized carbons (Fsp3) is 0.588. The van der Waals surface area contributed by atoms with E-state index in [1.54, 1.807) is 0 Å². The van der Waals surface area contributed by atoms with Crippen molar-refractivity contribution in [2.45, 2.75) is 32.5 Å². The summed E-state index contributed by atoms with van der Waals surface area (Å²) in [6.45, 7) is 8.57. The molecule has 1 aromatic rings. The topological polar surface area (TPSA) is 42.3 Å². The van der Waals surface area contributed by atoms with Crippen LogP contribution in [0.4, 0.5) is 0 Å². The fourth-order valence-electron chi connectivity index (χ4n) is 2.53. The number of nitriles is 1. The average molecular weight is 286 g/mol.